The van der Waals surface area contributed by atoms with Gasteiger partial charge in [0.05, 0.1) is 21.5 Å². The minimum atomic E-state index is -0.140. The number of fused-ring (bicyclic) bond motifs is 2. The first kappa shape index (κ1) is 22.0. The number of aryl methyl sites for hydroxylation is 2. The lowest BCUT2D eigenvalue weighted by atomic mass is 10.0. The van der Waals surface area contributed by atoms with Crippen LogP contribution < -0.4 is 10.1 Å². The highest BCUT2D eigenvalue weighted by Gasteiger charge is 2.54. The van der Waals surface area contributed by atoms with Crippen LogP contribution in [0.15, 0.2) is 48.5 Å². The number of nitrogens with zero attached hydrogens (tertiary/aromatic N) is 2. The molecule has 3 atom stereocenters. The van der Waals surface area contributed by atoms with E-state index in [1.165, 1.54) is 0 Å². The van der Waals surface area contributed by atoms with Crippen LogP contribution in [0, 0.1) is 25.7 Å². The second-order valence-electron chi connectivity index (χ2n) is 9.61. The Hall–Kier alpha value is -3.45. The average molecular weight is 486 g/mol. The molecule has 0 unspecified atom stereocenters. The van der Waals surface area contributed by atoms with Gasteiger partial charge in [0.15, 0.2) is 0 Å². The maximum atomic E-state index is 13.8. The van der Waals surface area contributed by atoms with Crippen molar-refractivity contribution in [3.8, 4) is 16.2 Å². The van der Waals surface area contributed by atoms with Crippen molar-refractivity contribution in [3.05, 3.63) is 75.9 Å². The van der Waals surface area contributed by atoms with Crippen molar-refractivity contribution in [2.45, 2.75) is 26.3 Å². The van der Waals surface area contributed by atoms with Gasteiger partial charge in [-0.1, -0.05) is 42.0 Å². The molecule has 3 aliphatic rings. The summed E-state index contributed by atoms with van der Waals surface area (Å²) in [4.78, 5) is 34.4. The first-order chi connectivity index (χ1) is 17.0. The molecule has 2 aliphatic heterocycles. The number of carbonyl (C=O) groups is 2. The number of likely N-dealkylation sites (tertiary alicyclic amines) is 1. The zero-order valence-corrected chi connectivity index (χ0v) is 20.6. The minimum absolute atomic E-state index is 0.0184. The second kappa shape index (κ2) is 8.64. The van der Waals surface area contributed by atoms with E-state index in [-0.39, 0.29) is 17.9 Å². The highest BCUT2D eigenvalue weighted by Crippen LogP contribution is 2.50. The van der Waals surface area contributed by atoms with Gasteiger partial charge in [0.1, 0.15) is 18.1 Å². The Kier molecular flexibility index (Phi) is 5.44. The number of hydrogen-bond acceptors (Lipinski definition) is 5. The third-order valence-corrected chi connectivity index (χ3v) is 8.20. The molecule has 178 valence electrons. The van der Waals surface area contributed by atoms with Crippen LogP contribution in [0.25, 0.3) is 16.5 Å². The lowest BCUT2D eigenvalue weighted by Crippen LogP contribution is -2.45. The number of aromatic nitrogens is 1. The van der Waals surface area contributed by atoms with Gasteiger partial charge in [0.25, 0.3) is 11.8 Å². The van der Waals surface area contributed by atoms with Crippen molar-refractivity contribution in [3.63, 3.8) is 0 Å². The van der Waals surface area contributed by atoms with E-state index in [0.717, 1.165) is 45.3 Å². The summed E-state index contributed by atoms with van der Waals surface area (Å²) in [5, 5.41) is 3.98. The Labute approximate surface area is 208 Å². The van der Waals surface area contributed by atoms with Gasteiger partial charge >= 0.3 is 0 Å². The van der Waals surface area contributed by atoms with Crippen molar-refractivity contribution in [2.75, 3.05) is 19.7 Å². The van der Waals surface area contributed by atoms with Crippen LogP contribution in [0.4, 0.5) is 0 Å². The first-order valence-corrected chi connectivity index (χ1v) is 12.9. The third kappa shape index (κ3) is 4.04. The number of hydrogen-bond donors (Lipinski definition) is 1. The second-order valence-corrected chi connectivity index (χ2v) is 10.8. The largest absolute Gasteiger partial charge is 0.489 e. The topological polar surface area (TPSA) is 71.5 Å². The molecule has 2 aromatic carbocycles. The number of ether oxygens (including phenoxy) is 1. The molecule has 1 saturated carbocycles. The summed E-state index contributed by atoms with van der Waals surface area (Å²) in [7, 11) is 0. The van der Waals surface area contributed by atoms with Gasteiger partial charge in [0, 0.05) is 18.7 Å². The van der Waals surface area contributed by atoms with Crippen molar-refractivity contribution >= 4 is 29.2 Å². The Bertz CT molecular complexity index is 1360. The van der Waals surface area contributed by atoms with Crippen LogP contribution in [0.5, 0.6) is 5.75 Å². The molecule has 35 heavy (non-hydrogen) atoms. The van der Waals surface area contributed by atoms with Crippen LogP contribution in [0.2, 0.25) is 0 Å². The number of nitrogens with one attached hydrogen (secondary N) is 1. The molecule has 0 spiro atoms. The minimum Gasteiger partial charge on any atom is -0.489 e. The Morgan fingerprint density at radius 2 is 2.06 bits per heavy atom. The number of thiazole rings is 1. The molecule has 3 aromatic rings. The fraction of sp³-hybridized carbons (Fsp3) is 0.321. The summed E-state index contributed by atoms with van der Waals surface area (Å²) in [5.41, 5.74) is 4.10. The van der Waals surface area contributed by atoms with E-state index < -0.39 is 0 Å². The van der Waals surface area contributed by atoms with Crippen molar-refractivity contribution < 1.29 is 14.3 Å². The number of piperidine rings is 1. The lowest BCUT2D eigenvalue weighted by molar-refractivity contribution is 0.0690. The van der Waals surface area contributed by atoms with E-state index in [2.05, 4.69) is 29.4 Å². The third-order valence-electron chi connectivity index (χ3n) is 7.18. The predicted octanol–water partition coefficient (Wildman–Crippen LogP) is 4.72. The van der Waals surface area contributed by atoms with E-state index in [0.29, 0.717) is 36.2 Å². The molecule has 2 amide bonds. The van der Waals surface area contributed by atoms with E-state index in [9.17, 15) is 9.59 Å². The standard InChI is InChI=1S/C28H27N3O3S/c1-16-6-3-7-18(12-16)26-25(30-17(2)35-26)28(33)31-15-19-13-22(19)23(31)14-29-27(32)21-8-4-10-24-20(21)9-5-11-34-24/h3-10,12,19,22-23H,11,13-15H2,1-2H3,(H,29,32)/t19-,22-,23-/m1/s1. The van der Waals surface area contributed by atoms with E-state index in [1.54, 1.807) is 11.3 Å². The molecule has 1 aromatic heterocycles. The van der Waals surface area contributed by atoms with Crippen LogP contribution in [0.3, 0.4) is 0 Å². The summed E-state index contributed by atoms with van der Waals surface area (Å²) in [5.74, 6) is 1.50. The average Bonchev–Trinajstić information content (AvgIpc) is 3.38. The number of amides is 2. The van der Waals surface area contributed by atoms with Gasteiger partial charge in [-0.25, -0.2) is 4.98 Å². The highest BCUT2D eigenvalue weighted by atomic mass is 32.1. The van der Waals surface area contributed by atoms with Gasteiger partial charge in [-0.3, -0.25) is 9.59 Å². The number of rotatable bonds is 5. The van der Waals surface area contributed by atoms with Gasteiger partial charge in [-0.05, 0) is 55.9 Å². The summed E-state index contributed by atoms with van der Waals surface area (Å²) in [6.45, 7) is 5.67. The maximum absolute atomic E-state index is 13.8. The fourth-order valence-corrected chi connectivity index (χ4v) is 6.30. The van der Waals surface area contributed by atoms with Crippen LogP contribution >= 0.6 is 11.3 Å². The molecule has 0 radical (unpaired) electrons. The van der Waals surface area contributed by atoms with Crippen molar-refractivity contribution in [1.29, 1.82) is 0 Å². The quantitative estimate of drug-likeness (QED) is 0.568. The maximum Gasteiger partial charge on any atom is 0.274 e. The van der Waals surface area contributed by atoms with Crippen molar-refractivity contribution in [1.82, 2.24) is 15.2 Å². The summed E-state index contributed by atoms with van der Waals surface area (Å²) in [6, 6.07) is 13.7. The zero-order valence-electron chi connectivity index (χ0n) is 19.8. The molecule has 1 saturated heterocycles. The van der Waals surface area contributed by atoms with E-state index >= 15 is 0 Å². The molecule has 6 nitrogen and oxygen atoms in total. The highest BCUT2D eigenvalue weighted by molar-refractivity contribution is 7.15. The van der Waals surface area contributed by atoms with Gasteiger partial charge in [0.2, 0.25) is 0 Å². The van der Waals surface area contributed by atoms with Gasteiger partial charge < -0.3 is 15.0 Å². The summed E-state index contributed by atoms with van der Waals surface area (Å²) >= 11 is 1.56. The zero-order chi connectivity index (χ0) is 24.1. The Morgan fingerprint density at radius 3 is 2.91 bits per heavy atom. The Balaban J connectivity index is 1.22. The van der Waals surface area contributed by atoms with Crippen LogP contribution in [-0.2, 0) is 0 Å². The molecule has 2 fully saturated rings. The predicted molar refractivity (Wildman–Crippen MR) is 137 cm³/mol. The molecule has 3 heterocycles. The molecule has 1 aliphatic carbocycles. The molecule has 6 rings (SSSR count). The molecular weight excluding hydrogens is 458 g/mol. The fourth-order valence-electron chi connectivity index (χ4n) is 5.39. The lowest BCUT2D eigenvalue weighted by Gasteiger charge is -2.28. The normalized spacial score (nSPS) is 21.8. The monoisotopic (exact) mass is 485 g/mol. The van der Waals surface area contributed by atoms with Crippen LogP contribution in [-0.4, -0.2) is 47.4 Å². The summed E-state index contributed by atoms with van der Waals surface area (Å²) in [6.07, 6.45) is 4.96. The first-order valence-electron chi connectivity index (χ1n) is 12.1. The smallest absolute Gasteiger partial charge is 0.274 e. The summed E-state index contributed by atoms with van der Waals surface area (Å²) < 4.78 is 5.64. The molecular formula is C28H27N3O3S. The molecule has 7 heteroatoms. The van der Waals surface area contributed by atoms with E-state index in [4.69, 9.17) is 4.74 Å². The number of carbonyl (C=O) groups excluding carboxylic acids is 2. The van der Waals surface area contributed by atoms with E-state index in [1.807, 2.05) is 54.3 Å². The molecule has 1 N–H and O–H groups in total. The number of benzene rings is 2. The Morgan fingerprint density at radius 1 is 1.20 bits per heavy atom. The SMILES string of the molecule is Cc1cccc(-c2sc(C)nc2C(=O)N2C[C@H]3C[C@H]3[C@H]2CNC(=O)c2cccc3c2C=CCO3)c1. The molecule has 0 bridgehead atoms. The van der Waals surface area contributed by atoms with Crippen molar-refractivity contribution in [2.24, 2.45) is 11.8 Å². The van der Waals surface area contributed by atoms with Gasteiger partial charge in [-0.15, -0.1) is 11.3 Å². The van der Waals surface area contributed by atoms with Crippen LogP contribution in [0.1, 0.15) is 43.4 Å². The van der Waals surface area contributed by atoms with Gasteiger partial charge in [-0.2, -0.15) is 0 Å².